The molecule has 0 radical (unpaired) electrons. The summed E-state index contributed by atoms with van der Waals surface area (Å²) < 4.78 is 1.66. The van der Waals surface area contributed by atoms with Gasteiger partial charge in [0.1, 0.15) is 12.7 Å². The first kappa shape index (κ1) is 15.4. The summed E-state index contributed by atoms with van der Waals surface area (Å²) >= 11 is 0. The van der Waals surface area contributed by atoms with Crippen molar-refractivity contribution in [3.8, 4) is 0 Å². The number of aliphatic hydroxyl groups is 1. The molecule has 0 bridgehead atoms. The summed E-state index contributed by atoms with van der Waals surface area (Å²) in [5.74, 6) is 0.421. The summed E-state index contributed by atoms with van der Waals surface area (Å²) in [6, 6.07) is -0.550. The average Bonchev–Trinajstić information content (AvgIpc) is 2.79. The molecule has 2 atom stereocenters. The second-order valence-electron chi connectivity index (χ2n) is 5.15. The van der Waals surface area contributed by atoms with Crippen molar-refractivity contribution in [3.05, 3.63) is 12.7 Å². The van der Waals surface area contributed by atoms with Crippen molar-refractivity contribution in [3.63, 3.8) is 0 Å². The van der Waals surface area contributed by atoms with Gasteiger partial charge in [-0.2, -0.15) is 5.10 Å². The quantitative estimate of drug-likeness (QED) is 0.667. The Morgan fingerprint density at radius 1 is 1.37 bits per heavy atom. The molecule has 1 heterocycles. The van der Waals surface area contributed by atoms with E-state index in [1.807, 2.05) is 6.92 Å². The van der Waals surface area contributed by atoms with Crippen LogP contribution in [0.5, 0.6) is 0 Å². The zero-order valence-electron chi connectivity index (χ0n) is 11.7. The van der Waals surface area contributed by atoms with Crippen LogP contribution in [0.3, 0.4) is 0 Å². The molecule has 1 rings (SSSR count). The van der Waals surface area contributed by atoms with Gasteiger partial charge in [-0.3, -0.25) is 4.68 Å². The summed E-state index contributed by atoms with van der Waals surface area (Å²) in [6.07, 6.45) is 3.81. The van der Waals surface area contributed by atoms with Crippen molar-refractivity contribution in [2.24, 2.45) is 5.92 Å². The van der Waals surface area contributed by atoms with E-state index in [0.29, 0.717) is 12.5 Å². The predicted octanol–water partition coefficient (Wildman–Crippen LogP) is 0.373. The summed E-state index contributed by atoms with van der Waals surface area (Å²) in [6.45, 7) is 6.49. The molecule has 19 heavy (non-hydrogen) atoms. The van der Waals surface area contributed by atoms with Crippen molar-refractivity contribution < 1.29 is 9.90 Å². The summed E-state index contributed by atoms with van der Waals surface area (Å²) in [5, 5.41) is 18.7. The van der Waals surface area contributed by atoms with E-state index < -0.39 is 0 Å². The molecule has 0 aliphatic heterocycles. The number of urea groups is 1. The standard InChI is InChI=1S/C12H23N5O2/c1-9(2)4-11(6-18)16-12(19)15-10(3)5-17-8-13-7-14-17/h7-11,18H,4-6H2,1-3H3,(H2,15,16,19). The first-order valence-electron chi connectivity index (χ1n) is 6.51. The van der Waals surface area contributed by atoms with Crippen LogP contribution in [0.15, 0.2) is 12.7 Å². The fraction of sp³-hybridized carbons (Fsp3) is 0.750. The van der Waals surface area contributed by atoms with Crippen molar-refractivity contribution in [1.29, 1.82) is 0 Å². The van der Waals surface area contributed by atoms with Crippen LogP contribution >= 0.6 is 0 Å². The Morgan fingerprint density at radius 3 is 2.63 bits per heavy atom. The number of amides is 2. The minimum atomic E-state index is -0.271. The Bertz CT molecular complexity index is 366. The SMILES string of the molecule is CC(C)CC(CO)NC(=O)NC(C)Cn1cncn1. The fourth-order valence-electron chi connectivity index (χ4n) is 1.85. The molecule has 0 spiro atoms. The van der Waals surface area contributed by atoms with Crippen LogP contribution in [0.4, 0.5) is 4.79 Å². The van der Waals surface area contributed by atoms with Gasteiger partial charge in [-0.1, -0.05) is 13.8 Å². The summed E-state index contributed by atoms with van der Waals surface area (Å²) in [7, 11) is 0. The number of rotatable bonds is 7. The lowest BCUT2D eigenvalue weighted by molar-refractivity contribution is 0.204. The largest absolute Gasteiger partial charge is 0.394 e. The third kappa shape index (κ3) is 6.19. The minimum Gasteiger partial charge on any atom is -0.394 e. The van der Waals surface area contributed by atoms with Crippen LogP contribution in [0.1, 0.15) is 27.2 Å². The van der Waals surface area contributed by atoms with Crippen LogP contribution < -0.4 is 10.6 Å². The summed E-state index contributed by atoms with van der Waals surface area (Å²) in [5.41, 5.74) is 0. The first-order chi connectivity index (χ1) is 9.01. The van der Waals surface area contributed by atoms with Crippen LogP contribution in [-0.4, -0.2) is 44.6 Å². The Kier molecular flexibility index (Phi) is 6.27. The Balaban J connectivity index is 2.33. The van der Waals surface area contributed by atoms with Crippen LogP contribution in [0.2, 0.25) is 0 Å². The van der Waals surface area contributed by atoms with Gasteiger partial charge in [0.2, 0.25) is 0 Å². The van der Waals surface area contributed by atoms with Crippen LogP contribution in [0.25, 0.3) is 0 Å². The number of nitrogens with zero attached hydrogens (tertiary/aromatic N) is 3. The number of aromatic nitrogens is 3. The van der Waals surface area contributed by atoms with Gasteiger partial charge in [0.25, 0.3) is 0 Å². The second kappa shape index (κ2) is 7.73. The maximum absolute atomic E-state index is 11.8. The van der Waals surface area contributed by atoms with E-state index in [2.05, 4.69) is 34.6 Å². The fourth-order valence-corrected chi connectivity index (χ4v) is 1.85. The highest BCUT2D eigenvalue weighted by molar-refractivity contribution is 5.74. The van der Waals surface area contributed by atoms with Crippen molar-refractivity contribution in [2.75, 3.05) is 6.61 Å². The molecular weight excluding hydrogens is 246 g/mol. The molecule has 0 aliphatic carbocycles. The van der Waals surface area contributed by atoms with E-state index in [-0.39, 0.29) is 24.7 Å². The maximum atomic E-state index is 11.8. The zero-order chi connectivity index (χ0) is 14.3. The van der Waals surface area contributed by atoms with Gasteiger partial charge in [0.15, 0.2) is 0 Å². The van der Waals surface area contributed by atoms with Gasteiger partial charge in [-0.25, -0.2) is 9.78 Å². The first-order valence-corrected chi connectivity index (χ1v) is 6.51. The lowest BCUT2D eigenvalue weighted by Crippen LogP contribution is -2.48. The van der Waals surface area contributed by atoms with Gasteiger partial charge in [-0.05, 0) is 19.3 Å². The number of carbonyl (C=O) groups excluding carboxylic acids is 1. The molecule has 1 aromatic rings. The van der Waals surface area contributed by atoms with E-state index in [0.717, 1.165) is 6.42 Å². The number of nitrogens with one attached hydrogen (secondary N) is 2. The van der Waals surface area contributed by atoms with Gasteiger partial charge in [0, 0.05) is 6.04 Å². The Labute approximate surface area is 113 Å². The molecular formula is C12H23N5O2. The van der Waals surface area contributed by atoms with Crippen LogP contribution in [-0.2, 0) is 6.54 Å². The second-order valence-corrected chi connectivity index (χ2v) is 5.15. The third-order valence-corrected chi connectivity index (χ3v) is 2.62. The molecule has 3 N–H and O–H groups in total. The van der Waals surface area contributed by atoms with Crippen molar-refractivity contribution in [2.45, 2.75) is 45.8 Å². The van der Waals surface area contributed by atoms with E-state index in [1.54, 1.807) is 11.0 Å². The number of aliphatic hydroxyl groups excluding tert-OH is 1. The molecule has 7 heteroatoms. The third-order valence-electron chi connectivity index (χ3n) is 2.62. The molecule has 0 saturated carbocycles. The van der Waals surface area contributed by atoms with E-state index >= 15 is 0 Å². The minimum absolute atomic E-state index is 0.0525. The maximum Gasteiger partial charge on any atom is 0.315 e. The van der Waals surface area contributed by atoms with Gasteiger partial charge >= 0.3 is 6.03 Å². The summed E-state index contributed by atoms with van der Waals surface area (Å²) in [4.78, 5) is 15.6. The van der Waals surface area contributed by atoms with Crippen molar-refractivity contribution in [1.82, 2.24) is 25.4 Å². The highest BCUT2D eigenvalue weighted by Crippen LogP contribution is 2.03. The average molecular weight is 269 g/mol. The molecule has 7 nitrogen and oxygen atoms in total. The number of hydrogen-bond donors (Lipinski definition) is 3. The Morgan fingerprint density at radius 2 is 2.11 bits per heavy atom. The van der Waals surface area contributed by atoms with E-state index in [4.69, 9.17) is 0 Å². The predicted molar refractivity (Wildman–Crippen MR) is 71.5 cm³/mol. The molecule has 0 aromatic carbocycles. The molecule has 1 aromatic heterocycles. The lowest BCUT2D eigenvalue weighted by Gasteiger charge is -2.20. The number of carbonyl (C=O) groups is 1. The Hall–Kier alpha value is -1.63. The monoisotopic (exact) mass is 269 g/mol. The molecule has 0 fully saturated rings. The smallest absolute Gasteiger partial charge is 0.315 e. The van der Waals surface area contributed by atoms with Crippen molar-refractivity contribution >= 4 is 6.03 Å². The van der Waals surface area contributed by atoms with Gasteiger partial charge < -0.3 is 15.7 Å². The highest BCUT2D eigenvalue weighted by Gasteiger charge is 2.14. The normalized spacial score (nSPS) is 14.2. The molecule has 108 valence electrons. The van der Waals surface area contributed by atoms with Gasteiger partial charge in [-0.15, -0.1) is 0 Å². The lowest BCUT2D eigenvalue weighted by atomic mass is 10.0. The number of hydrogen-bond acceptors (Lipinski definition) is 4. The zero-order valence-corrected chi connectivity index (χ0v) is 11.7. The molecule has 2 unspecified atom stereocenters. The van der Waals surface area contributed by atoms with E-state index in [1.165, 1.54) is 6.33 Å². The van der Waals surface area contributed by atoms with Gasteiger partial charge in [0.05, 0.1) is 19.2 Å². The topological polar surface area (TPSA) is 92.1 Å². The molecule has 0 aliphatic rings. The molecule has 0 saturated heterocycles. The van der Waals surface area contributed by atoms with Crippen LogP contribution in [0, 0.1) is 5.92 Å². The highest BCUT2D eigenvalue weighted by atomic mass is 16.3. The van der Waals surface area contributed by atoms with E-state index in [9.17, 15) is 9.90 Å². The molecule has 2 amide bonds.